The second-order valence-corrected chi connectivity index (χ2v) is 7.02. The monoisotopic (exact) mass is 375 g/mol. The van der Waals surface area contributed by atoms with Gasteiger partial charge in [0.05, 0.1) is 22.6 Å². The number of pyridine rings is 1. The first-order chi connectivity index (χ1) is 12.5. The van der Waals surface area contributed by atoms with Crippen molar-refractivity contribution in [3.8, 4) is 16.9 Å². The van der Waals surface area contributed by atoms with E-state index in [9.17, 15) is 10.1 Å². The number of nitrogens with zero attached hydrogens (tertiary/aromatic N) is 2. The number of nitrogens with one attached hydrogen (secondary N) is 1. The molecule has 1 aliphatic rings. The summed E-state index contributed by atoms with van der Waals surface area (Å²) in [4.78, 5) is 15.7. The molecular formula is C19H22ClN3O3. The number of halogens is 1. The summed E-state index contributed by atoms with van der Waals surface area (Å²) < 4.78 is 5.28. The summed E-state index contributed by atoms with van der Waals surface area (Å²) in [6.07, 6.45) is 4.79. The highest BCUT2D eigenvalue weighted by molar-refractivity contribution is 6.33. The van der Waals surface area contributed by atoms with Gasteiger partial charge >= 0.3 is 5.69 Å². The Morgan fingerprint density at radius 3 is 2.73 bits per heavy atom. The molecule has 0 bridgehead atoms. The molecule has 1 atom stereocenters. The van der Waals surface area contributed by atoms with Crippen LogP contribution in [-0.4, -0.2) is 23.1 Å². The van der Waals surface area contributed by atoms with Gasteiger partial charge in [-0.15, -0.1) is 0 Å². The summed E-state index contributed by atoms with van der Waals surface area (Å²) in [7, 11) is 1.57. The summed E-state index contributed by atoms with van der Waals surface area (Å²) in [5, 5.41) is 15.5. The zero-order valence-corrected chi connectivity index (χ0v) is 15.8. The van der Waals surface area contributed by atoms with Crippen molar-refractivity contribution in [1.82, 2.24) is 4.98 Å². The number of anilines is 1. The van der Waals surface area contributed by atoms with Crippen molar-refractivity contribution < 1.29 is 9.66 Å². The van der Waals surface area contributed by atoms with Gasteiger partial charge < -0.3 is 10.1 Å². The number of methoxy groups -OCH3 is 1. The topological polar surface area (TPSA) is 77.3 Å². The number of hydrogen-bond donors (Lipinski definition) is 1. The maximum Gasteiger partial charge on any atom is 0.319 e. The number of benzene rings is 1. The molecule has 1 aromatic carbocycles. The van der Waals surface area contributed by atoms with Gasteiger partial charge in [-0.1, -0.05) is 18.5 Å². The lowest BCUT2D eigenvalue weighted by atomic mass is 10.0. The maximum absolute atomic E-state index is 11.8. The van der Waals surface area contributed by atoms with Crippen LogP contribution in [0.3, 0.4) is 0 Å². The third-order valence-electron chi connectivity index (χ3n) is 4.83. The lowest BCUT2D eigenvalue weighted by Crippen LogP contribution is -2.22. The fourth-order valence-corrected chi connectivity index (χ4v) is 3.53. The molecule has 1 heterocycles. The Hall–Kier alpha value is -2.34. The molecule has 1 unspecified atom stereocenters. The Morgan fingerprint density at radius 1 is 1.42 bits per heavy atom. The molecule has 6 nitrogen and oxygen atoms in total. The SMILES string of the molecule is CCC(Nc1nccc(-c2cc(C)c(OC)cc2Cl)c1[N+](=O)[O-])C1CC1. The molecule has 2 aromatic rings. The molecule has 0 amide bonds. The van der Waals surface area contributed by atoms with Crippen molar-refractivity contribution in [2.75, 3.05) is 12.4 Å². The Kier molecular flexibility index (Phi) is 5.32. The third-order valence-corrected chi connectivity index (χ3v) is 5.15. The van der Waals surface area contributed by atoms with E-state index >= 15 is 0 Å². The Morgan fingerprint density at radius 2 is 2.15 bits per heavy atom. The number of rotatable bonds is 7. The first kappa shape index (κ1) is 18.5. The van der Waals surface area contributed by atoms with Crippen molar-refractivity contribution in [2.45, 2.75) is 39.2 Å². The van der Waals surface area contributed by atoms with E-state index in [4.69, 9.17) is 16.3 Å². The van der Waals surface area contributed by atoms with Crippen molar-refractivity contribution in [2.24, 2.45) is 5.92 Å². The lowest BCUT2D eigenvalue weighted by Gasteiger charge is -2.18. The minimum absolute atomic E-state index is 0.0435. The number of hydrogen-bond acceptors (Lipinski definition) is 5. The second-order valence-electron chi connectivity index (χ2n) is 6.61. The smallest absolute Gasteiger partial charge is 0.319 e. The highest BCUT2D eigenvalue weighted by Crippen LogP contribution is 2.42. The van der Waals surface area contributed by atoms with E-state index in [0.717, 1.165) is 24.8 Å². The molecule has 26 heavy (non-hydrogen) atoms. The van der Waals surface area contributed by atoms with Crippen molar-refractivity contribution in [1.29, 1.82) is 0 Å². The number of aromatic nitrogens is 1. The summed E-state index contributed by atoms with van der Waals surface area (Å²) >= 11 is 6.39. The molecule has 138 valence electrons. The average Bonchev–Trinajstić information content (AvgIpc) is 3.45. The Bertz CT molecular complexity index is 837. The lowest BCUT2D eigenvalue weighted by molar-refractivity contribution is -0.383. The predicted octanol–water partition coefficient (Wildman–Crippen LogP) is 5.23. The van der Waals surface area contributed by atoms with Crippen LogP contribution in [0.2, 0.25) is 5.02 Å². The van der Waals surface area contributed by atoms with E-state index in [1.807, 2.05) is 13.0 Å². The van der Waals surface area contributed by atoms with Gasteiger partial charge in [-0.05, 0) is 55.9 Å². The van der Waals surface area contributed by atoms with E-state index in [1.165, 1.54) is 0 Å². The van der Waals surface area contributed by atoms with Crippen LogP contribution < -0.4 is 10.1 Å². The van der Waals surface area contributed by atoms with Crippen LogP contribution in [0, 0.1) is 23.0 Å². The number of ether oxygens (including phenoxy) is 1. The first-order valence-electron chi connectivity index (χ1n) is 8.70. The average molecular weight is 376 g/mol. The number of aryl methyl sites for hydroxylation is 1. The third kappa shape index (κ3) is 3.60. The van der Waals surface area contributed by atoms with Crippen LogP contribution in [0.5, 0.6) is 5.75 Å². The molecule has 3 rings (SSSR count). The minimum atomic E-state index is -0.389. The van der Waals surface area contributed by atoms with Gasteiger partial charge in [0.15, 0.2) is 0 Å². The highest BCUT2D eigenvalue weighted by Gasteiger charge is 2.33. The second kappa shape index (κ2) is 7.50. The van der Waals surface area contributed by atoms with E-state index in [2.05, 4.69) is 17.2 Å². The molecule has 1 aliphatic carbocycles. The van der Waals surface area contributed by atoms with Crippen LogP contribution in [0.15, 0.2) is 24.4 Å². The number of nitro groups is 1. The van der Waals surface area contributed by atoms with Crippen LogP contribution in [-0.2, 0) is 0 Å². The van der Waals surface area contributed by atoms with Crippen molar-refractivity contribution >= 4 is 23.1 Å². The summed E-state index contributed by atoms with van der Waals surface area (Å²) in [6.45, 7) is 3.96. The zero-order chi connectivity index (χ0) is 18.8. The molecule has 1 aromatic heterocycles. The molecule has 0 saturated heterocycles. The quantitative estimate of drug-likeness (QED) is 0.529. The van der Waals surface area contributed by atoms with Crippen LogP contribution in [0.25, 0.3) is 11.1 Å². The zero-order valence-electron chi connectivity index (χ0n) is 15.1. The molecular weight excluding hydrogens is 354 g/mol. The largest absolute Gasteiger partial charge is 0.496 e. The predicted molar refractivity (Wildman–Crippen MR) is 103 cm³/mol. The molecule has 7 heteroatoms. The van der Waals surface area contributed by atoms with Gasteiger partial charge in [0.1, 0.15) is 5.75 Å². The van der Waals surface area contributed by atoms with E-state index < -0.39 is 0 Å². The van der Waals surface area contributed by atoms with Gasteiger partial charge in [-0.25, -0.2) is 4.98 Å². The molecule has 1 N–H and O–H groups in total. The molecule has 0 aliphatic heterocycles. The van der Waals surface area contributed by atoms with Crippen LogP contribution in [0.4, 0.5) is 11.5 Å². The highest BCUT2D eigenvalue weighted by atomic mass is 35.5. The van der Waals surface area contributed by atoms with Crippen molar-refractivity contribution in [3.63, 3.8) is 0 Å². The van der Waals surface area contributed by atoms with Gasteiger partial charge in [0.25, 0.3) is 0 Å². The first-order valence-corrected chi connectivity index (χ1v) is 9.08. The summed E-state index contributed by atoms with van der Waals surface area (Å²) in [5.74, 6) is 1.52. The standard InChI is InChI=1S/C19H22ClN3O3/c1-4-16(12-5-6-12)22-19-18(23(24)25)13(7-8-21-19)14-9-11(2)17(26-3)10-15(14)20/h7-10,12,16H,4-6H2,1-3H3,(H,21,22). The maximum atomic E-state index is 11.8. The molecule has 0 spiro atoms. The minimum Gasteiger partial charge on any atom is -0.496 e. The van der Waals surface area contributed by atoms with E-state index in [-0.39, 0.29) is 16.7 Å². The molecule has 1 fully saturated rings. The summed E-state index contributed by atoms with van der Waals surface area (Å²) in [5.41, 5.74) is 1.87. The van der Waals surface area contributed by atoms with Crippen molar-refractivity contribution in [3.05, 3.63) is 45.1 Å². The fraction of sp³-hybridized carbons (Fsp3) is 0.421. The molecule has 1 saturated carbocycles. The Balaban J connectivity index is 2.09. The van der Waals surface area contributed by atoms with Crippen LogP contribution in [0.1, 0.15) is 31.7 Å². The summed E-state index contributed by atoms with van der Waals surface area (Å²) in [6, 6.07) is 5.33. The van der Waals surface area contributed by atoms with Crippen LogP contribution >= 0.6 is 11.6 Å². The van der Waals surface area contributed by atoms with Gasteiger partial charge in [0.2, 0.25) is 5.82 Å². The van der Waals surface area contributed by atoms with E-state index in [1.54, 1.807) is 25.4 Å². The fourth-order valence-electron chi connectivity index (χ4n) is 3.28. The normalized spacial score (nSPS) is 14.8. The van der Waals surface area contributed by atoms with Gasteiger partial charge in [0, 0.05) is 17.8 Å². The van der Waals surface area contributed by atoms with Gasteiger partial charge in [-0.2, -0.15) is 0 Å². The van der Waals surface area contributed by atoms with Gasteiger partial charge in [-0.3, -0.25) is 10.1 Å². The Labute approximate surface area is 157 Å². The molecule has 0 radical (unpaired) electrons. The van der Waals surface area contributed by atoms with E-state index in [0.29, 0.717) is 33.6 Å².